The SMILES string of the molecule is COc1ccccc1/C=C/S(C)(=O)=O. The van der Waals surface area contributed by atoms with Crippen molar-refractivity contribution in [2.75, 3.05) is 13.4 Å². The lowest BCUT2D eigenvalue weighted by Gasteiger charge is -2.02. The molecule has 0 N–H and O–H groups in total. The molecule has 1 aromatic carbocycles. The molecule has 3 nitrogen and oxygen atoms in total. The third-order valence-corrected chi connectivity index (χ3v) is 2.26. The van der Waals surface area contributed by atoms with Crippen molar-refractivity contribution in [3.8, 4) is 5.75 Å². The predicted octanol–water partition coefficient (Wildman–Crippen LogP) is 1.71. The van der Waals surface area contributed by atoms with E-state index in [9.17, 15) is 8.42 Å². The van der Waals surface area contributed by atoms with Crippen LogP contribution in [-0.2, 0) is 9.84 Å². The fourth-order valence-corrected chi connectivity index (χ4v) is 1.39. The number of rotatable bonds is 3. The minimum atomic E-state index is -3.08. The highest BCUT2D eigenvalue weighted by Gasteiger charge is 1.98. The van der Waals surface area contributed by atoms with Gasteiger partial charge in [0.05, 0.1) is 7.11 Å². The number of hydrogen-bond acceptors (Lipinski definition) is 3. The van der Waals surface area contributed by atoms with Crippen molar-refractivity contribution in [2.24, 2.45) is 0 Å². The van der Waals surface area contributed by atoms with Crippen LogP contribution >= 0.6 is 0 Å². The molecule has 0 saturated heterocycles. The molecular formula is C10H12O3S. The summed E-state index contributed by atoms with van der Waals surface area (Å²) in [7, 11) is -1.53. The molecule has 0 fully saturated rings. The Kier molecular flexibility index (Phi) is 3.30. The third kappa shape index (κ3) is 3.22. The van der Waals surface area contributed by atoms with E-state index in [4.69, 9.17) is 4.74 Å². The monoisotopic (exact) mass is 212 g/mol. The van der Waals surface area contributed by atoms with Gasteiger partial charge in [0.15, 0.2) is 9.84 Å². The van der Waals surface area contributed by atoms with Gasteiger partial charge in [0.1, 0.15) is 5.75 Å². The van der Waals surface area contributed by atoms with Crippen LogP contribution in [0.1, 0.15) is 5.56 Å². The van der Waals surface area contributed by atoms with Crippen molar-refractivity contribution in [3.05, 3.63) is 35.2 Å². The van der Waals surface area contributed by atoms with Crippen LogP contribution in [0.5, 0.6) is 5.75 Å². The average molecular weight is 212 g/mol. The zero-order valence-electron chi connectivity index (χ0n) is 8.10. The predicted molar refractivity (Wildman–Crippen MR) is 56.9 cm³/mol. The molecule has 4 heteroatoms. The van der Waals surface area contributed by atoms with Gasteiger partial charge >= 0.3 is 0 Å². The maximum absolute atomic E-state index is 10.9. The molecule has 0 spiro atoms. The van der Waals surface area contributed by atoms with E-state index in [1.807, 2.05) is 12.1 Å². The number of sulfone groups is 1. The normalized spacial score (nSPS) is 11.9. The standard InChI is InChI=1S/C10H12O3S/c1-13-10-6-4-3-5-9(10)7-8-14(2,11)12/h3-8H,1-2H3/b8-7+. The van der Waals surface area contributed by atoms with Crippen LogP contribution in [-0.4, -0.2) is 21.8 Å². The summed E-state index contributed by atoms with van der Waals surface area (Å²) in [6.07, 6.45) is 2.67. The molecule has 0 aliphatic rings. The summed E-state index contributed by atoms with van der Waals surface area (Å²) >= 11 is 0. The van der Waals surface area contributed by atoms with E-state index >= 15 is 0 Å². The lowest BCUT2D eigenvalue weighted by atomic mass is 10.2. The summed E-state index contributed by atoms with van der Waals surface area (Å²) < 4.78 is 26.8. The van der Waals surface area contributed by atoms with Gasteiger partial charge < -0.3 is 4.74 Å². The molecule has 0 aliphatic carbocycles. The van der Waals surface area contributed by atoms with Crippen molar-refractivity contribution in [2.45, 2.75) is 0 Å². The minimum absolute atomic E-state index is 0.660. The van der Waals surface area contributed by atoms with Crippen molar-refractivity contribution in [1.82, 2.24) is 0 Å². The van der Waals surface area contributed by atoms with Gasteiger partial charge in [-0.25, -0.2) is 8.42 Å². The van der Waals surface area contributed by atoms with Gasteiger partial charge in [0.25, 0.3) is 0 Å². The van der Waals surface area contributed by atoms with E-state index in [1.54, 1.807) is 19.2 Å². The lowest BCUT2D eigenvalue weighted by Crippen LogP contribution is -1.89. The first-order valence-corrected chi connectivity index (χ1v) is 5.99. The Morgan fingerprint density at radius 1 is 1.29 bits per heavy atom. The van der Waals surface area contributed by atoms with Gasteiger partial charge in [-0.05, 0) is 12.1 Å². The van der Waals surface area contributed by atoms with Crippen molar-refractivity contribution < 1.29 is 13.2 Å². The second kappa shape index (κ2) is 4.28. The highest BCUT2D eigenvalue weighted by molar-refractivity contribution is 7.93. The molecule has 0 aromatic heterocycles. The van der Waals surface area contributed by atoms with E-state index in [0.717, 1.165) is 17.2 Å². The van der Waals surface area contributed by atoms with Crippen LogP contribution in [0.15, 0.2) is 29.7 Å². The van der Waals surface area contributed by atoms with Crippen LogP contribution in [0.3, 0.4) is 0 Å². The van der Waals surface area contributed by atoms with E-state index in [1.165, 1.54) is 6.08 Å². The van der Waals surface area contributed by atoms with Gasteiger partial charge in [-0.2, -0.15) is 0 Å². The molecule has 0 bridgehead atoms. The summed E-state index contributed by atoms with van der Waals surface area (Å²) in [4.78, 5) is 0. The van der Waals surface area contributed by atoms with Gasteiger partial charge in [-0.15, -0.1) is 0 Å². The third-order valence-electron chi connectivity index (χ3n) is 1.63. The molecule has 0 aliphatic heterocycles. The quantitative estimate of drug-likeness (QED) is 0.766. The Hall–Kier alpha value is -1.29. The summed E-state index contributed by atoms with van der Waals surface area (Å²) in [6, 6.07) is 7.23. The van der Waals surface area contributed by atoms with Crippen molar-refractivity contribution >= 4 is 15.9 Å². The zero-order valence-corrected chi connectivity index (χ0v) is 8.91. The topological polar surface area (TPSA) is 43.4 Å². The number of hydrogen-bond donors (Lipinski definition) is 0. The van der Waals surface area contributed by atoms with Crippen LogP contribution in [0.4, 0.5) is 0 Å². The number of ether oxygens (including phenoxy) is 1. The second-order valence-corrected chi connectivity index (χ2v) is 4.81. The Morgan fingerprint density at radius 3 is 2.50 bits per heavy atom. The summed E-state index contributed by atoms with van der Waals surface area (Å²) in [5, 5.41) is 1.16. The Labute approximate surface area is 83.9 Å². The van der Waals surface area contributed by atoms with Gasteiger partial charge in [-0.1, -0.05) is 18.2 Å². The highest BCUT2D eigenvalue weighted by Crippen LogP contribution is 2.18. The fraction of sp³-hybridized carbons (Fsp3) is 0.200. The first-order valence-electron chi connectivity index (χ1n) is 4.04. The van der Waals surface area contributed by atoms with Gasteiger partial charge in [-0.3, -0.25) is 0 Å². The maximum atomic E-state index is 10.9. The summed E-state index contributed by atoms with van der Waals surface area (Å²) in [5.41, 5.74) is 0.750. The Balaban J connectivity index is 3.03. The number of para-hydroxylation sites is 1. The van der Waals surface area contributed by atoms with E-state index in [-0.39, 0.29) is 0 Å². The average Bonchev–Trinajstić information content (AvgIpc) is 2.14. The lowest BCUT2D eigenvalue weighted by molar-refractivity contribution is 0.414. The van der Waals surface area contributed by atoms with Crippen molar-refractivity contribution in [3.63, 3.8) is 0 Å². The maximum Gasteiger partial charge on any atom is 0.168 e. The largest absolute Gasteiger partial charge is 0.496 e. The molecule has 1 aromatic rings. The van der Waals surface area contributed by atoms with Crippen molar-refractivity contribution in [1.29, 1.82) is 0 Å². The highest BCUT2D eigenvalue weighted by atomic mass is 32.2. The first-order chi connectivity index (χ1) is 6.53. The van der Waals surface area contributed by atoms with E-state index < -0.39 is 9.84 Å². The van der Waals surface area contributed by atoms with Crippen LogP contribution in [0.2, 0.25) is 0 Å². The van der Waals surface area contributed by atoms with Gasteiger partial charge in [0.2, 0.25) is 0 Å². The molecule has 0 radical (unpaired) electrons. The minimum Gasteiger partial charge on any atom is -0.496 e. The molecule has 14 heavy (non-hydrogen) atoms. The molecule has 0 atom stereocenters. The molecule has 0 heterocycles. The Bertz CT molecular complexity index is 432. The smallest absolute Gasteiger partial charge is 0.168 e. The fourth-order valence-electron chi connectivity index (χ4n) is 1.00. The zero-order chi connectivity index (χ0) is 10.6. The second-order valence-electron chi connectivity index (χ2n) is 2.87. The molecule has 1 rings (SSSR count). The molecule has 0 saturated carbocycles. The van der Waals surface area contributed by atoms with Gasteiger partial charge in [0, 0.05) is 17.2 Å². The number of methoxy groups -OCH3 is 1. The van der Waals surface area contributed by atoms with Crippen LogP contribution < -0.4 is 4.74 Å². The molecular weight excluding hydrogens is 200 g/mol. The molecule has 0 unspecified atom stereocenters. The number of benzene rings is 1. The van der Waals surface area contributed by atoms with Crippen LogP contribution in [0, 0.1) is 0 Å². The van der Waals surface area contributed by atoms with E-state index in [0.29, 0.717) is 5.75 Å². The summed E-state index contributed by atoms with van der Waals surface area (Å²) in [6.45, 7) is 0. The van der Waals surface area contributed by atoms with E-state index in [2.05, 4.69) is 0 Å². The molecule has 0 amide bonds. The first kappa shape index (κ1) is 10.8. The Morgan fingerprint density at radius 2 is 1.93 bits per heavy atom. The molecule has 76 valence electrons. The van der Waals surface area contributed by atoms with Crippen LogP contribution in [0.25, 0.3) is 6.08 Å². The summed E-state index contributed by atoms with van der Waals surface area (Å²) in [5.74, 6) is 0.660.